The first kappa shape index (κ1) is 13.7. The minimum atomic E-state index is -4.14. The first-order valence-electron chi connectivity index (χ1n) is 5.44. The Bertz CT molecular complexity index is 201. The van der Waals surface area contributed by atoms with Gasteiger partial charge in [-0.2, -0.15) is 13.2 Å². The average Bonchev–Trinajstić information content (AvgIpc) is 2.96. The molecule has 0 amide bonds. The first-order chi connectivity index (χ1) is 7.48. The third-order valence-electron chi connectivity index (χ3n) is 2.65. The lowest BCUT2D eigenvalue weighted by Crippen LogP contribution is -2.49. The molecule has 1 N–H and O–H groups in total. The van der Waals surface area contributed by atoms with E-state index >= 15 is 0 Å². The van der Waals surface area contributed by atoms with Crippen LogP contribution in [0.5, 0.6) is 0 Å². The van der Waals surface area contributed by atoms with Gasteiger partial charge in [-0.05, 0) is 19.9 Å². The van der Waals surface area contributed by atoms with Crippen LogP contribution in [0.2, 0.25) is 0 Å². The smallest absolute Gasteiger partial charge is 0.383 e. The molecule has 0 radical (unpaired) electrons. The van der Waals surface area contributed by atoms with E-state index in [1.165, 1.54) is 12.0 Å². The van der Waals surface area contributed by atoms with Gasteiger partial charge in [-0.15, -0.1) is 0 Å². The van der Waals surface area contributed by atoms with E-state index in [-0.39, 0.29) is 12.1 Å². The van der Waals surface area contributed by atoms with Crippen LogP contribution in [-0.4, -0.2) is 57.0 Å². The van der Waals surface area contributed by atoms with E-state index in [9.17, 15) is 13.2 Å². The number of halogens is 3. The zero-order chi connectivity index (χ0) is 12.2. The van der Waals surface area contributed by atoms with Crippen molar-refractivity contribution in [2.45, 2.75) is 31.1 Å². The van der Waals surface area contributed by atoms with Gasteiger partial charge in [0.05, 0.1) is 13.2 Å². The van der Waals surface area contributed by atoms with Crippen molar-refractivity contribution >= 4 is 0 Å². The molecule has 96 valence electrons. The molecule has 0 aliphatic heterocycles. The fourth-order valence-electron chi connectivity index (χ4n) is 1.87. The fraction of sp³-hybridized carbons (Fsp3) is 1.00. The molecule has 0 spiro atoms. The molecule has 1 aliphatic carbocycles. The zero-order valence-corrected chi connectivity index (χ0v) is 9.68. The van der Waals surface area contributed by atoms with E-state index in [0.717, 1.165) is 12.8 Å². The molecular weight excluding hydrogens is 221 g/mol. The van der Waals surface area contributed by atoms with Gasteiger partial charge in [-0.1, -0.05) is 0 Å². The van der Waals surface area contributed by atoms with E-state index < -0.39 is 12.7 Å². The number of likely N-dealkylation sites (N-methyl/N-ethyl adjacent to an activating group) is 1. The molecule has 3 nitrogen and oxygen atoms in total. The largest absolute Gasteiger partial charge is 0.401 e. The summed E-state index contributed by atoms with van der Waals surface area (Å²) in [6.07, 6.45) is -2.41. The molecule has 0 aromatic rings. The normalized spacial score (nSPS) is 19.1. The summed E-state index contributed by atoms with van der Waals surface area (Å²) in [7, 11) is 3.25. The van der Waals surface area contributed by atoms with Gasteiger partial charge in [-0.3, -0.25) is 4.90 Å². The Hall–Kier alpha value is -0.330. The molecule has 0 aromatic carbocycles. The highest BCUT2D eigenvalue weighted by molar-refractivity contribution is 4.90. The standard InChI is InChI=1S/C10H19F3N2O/c1-14-5-9(6-16-2)15(8-3-4-8)7-10(11,12)13/h8-9,14H,3-7H2,1-2H3. The van der Waals surface area contributed by atoms with E-state index in [1.807, 2.05) is 0 Å². The topological polar surface area (TPSA) is 24.5 Å². The predicted molar refractivity (Wildman–Crippen MR) is 55.4 cm³/mol. The number of nitrogens with one attached hydrogen (secondary N) is 1. The monoisotopic (exact) mass is 240 g/mol. The van der Waals surface area contributed by atoms with Crippen LogP contribution >= 0.6 is 0 Å². The number of ether oxygens (including phenoxy) is 1. The summed E-state index contributed by atoms with van der Waals surface area (Å²) in [5.41, 5.74) is 0. The Kier molecular flexibility index (Phi) is 5.01. The zero-order valence-electron chi connectivity index (χ0n) is 9.68. The van der Waals surface area contributed by atoms with E-state index in [4.69, 9.17) is 4.74 Å². The highest BCUT2D eigenvalue weighted by Crippen LogP contribution is 2.31. The van der Waals surface area contributed by atoms with Crippen LogP contribution in [0.3, 0.4) is 0 Å². The van der Waals surface area contributed by atoms with Crippen LogP contribution in [0.15, 0.2) is 0 Å². The molecule has 0 aromatic heterocycles. The second kappa shape index (κ2) is 5.84. The van der Waals surface area contributed by atoms with Gasteiger partial charge in [0, 0.05) is 25.7 Å². The Morgan fingerprint density at radius 2 is 2.06 bits per heavy atom. The molecule has 1 saturated carbocycles. The lowest BCUT2D eigenvalue weighted by molar-refractivity contribution is -0.154. The molecule has 1 rings (SSSR count). The number of nitrogens with zero attached hydrogens (tertiary/aromatic N) is 1. The molecular formula is C10H19F3N2O. The van der Waals surface area contributed by atoms with Gasteiger partial charge in [0.2, 0.25) is 0 Å². The minimum Gasteiger partial charge on any atom is -0.383 e. The second-order valence-corrected chi connectivity index (χ2v) is 4.19. The summed E-state index contributed by atoms with van der Waals surface area (Å²) >= 11 is 0. The molecule has 0 saturated heterocycles. The third-order valence-corrected chi connectivity index (χ3v) is 2.65. The van der Waals surface area contributed by atoms with Gasteiger partial charge < -0.3 is 10.1 Å². The van der Waals surface area contributed by atoms with Crippen LogP contribution in [0.25, 0.3) is 0 Å². The predicted octanol–water partition coefficient (Wildman–Crippen LogP) is 1.25. The molecule has 0 bridgehead atoms. The van der Waals surface area contributed by atoms with Crippen LogP contribution < -0.4 is 5.32 Å². The summed E-state index contributed by atoms with van der Waals surface area (Å²) in [6, 6.07) is -0.126. The summed E-state index contributed by atoms with van der Waals surface area (Å²) in [5, 5.41) is 2.91. The first-order valence-corrected chi connectivity index (χ1v) is 5.44. The number of methoxy groups -OCH3 is 1. The molecule has 6 heteroatoms. The van der Waals surface area contributed by atoms with Crippen LogP contribution in [0, 0.1) is 0 Å². The van der Waals surface area contributed by atoms with Crippen LogP contribution in [-0.2, 0) is 4.74 Å². The molecule has 1 unspecified atom stereocenters. The van der Waals surface area contributed by atoms with E-state index in [2.05, 4.69) is 5.32 Å². The van der Waals surface area contributed by atoms with Gasteiger partial charge in [0.25, 0.3) is 0 Å². The quantitative estimate of drug-likeness (QED) is 0.724. The third kappa shape index (κ3) is 4.67. The van der Waals surface area contributed by atoms with Crippen molar-refractivity contribution in [2.75, 3.05) is 33.9 Å². The fourth-order valence-corrected chi connectivity index (χ4v) is 1.87. The van der Waals surface area contributed by atoms with Gasteiger partial charge in [0.1, 0.15) is 0 Å². The average molecular weight is 240 g/mol. The Balaban J connectivity index is 2.57. The van der Waals surface area contributed by atoms with E-state index in [1.54, 1.807) is 7.05 Å². The van der Waals surface area contributed by atoms with Crippen LogP contribution in [0.1, 0.15) is 12.8 Å². The van der Waals surface area contributed by atoms with Gasteiger partial charge in [0.15, 0.2) is 0 Å². The van der Waals surface area contributed by atoms with Crippen molar-refractivity contribution in [1.82, 2.24) is 10.2 Å². The summed E-state index contributed by atoms with van der Waals surface area (Å²) in [4.78, 5) is 1.51. The summed E-state index contributed by atoms with van der Waals surface area (Å²) in [6.45, 7) is 0.00120. The van der Waals surface area contributed by atoms with Crippen LogP contribution in [0.4, 0.5) is 13.2 Å². The molecule has 16 heavy (non-hydrogen) atoms. The highest BCUT2D eigenvalue weighted by atomic mass is 19.4. The van der Waals surface area contributed by atoms with Crippen molar-refractivity contribution in [1.29, 1.82) is 0 Å². The second-order valence-electron chi connectivity index (χ2n) is 4.19. The summed E-state index contributed by atoms with van der Waals surface area (Å²) < 4.78 is 42.3. The Labute approximate surface area is 93.9 Å². The maximum atomic E-state index is 12.4. The van der Waals surface area contributed by atoms with Crippen molar-refractivity contribution in [3.8, 4) is 0 Å². The molecule has 0 heterocycles. The van der Waals surface area contributed by atoms with E-state index in [0.29, 0.717) is 13.2 Å². The van der Waals surface area contributed by atoms with Crippen molar-refractivity contribution in [2.24, 2.45) is 0 Å². The lowest BCUT2D eigenvalue weighted by atomic mass is 10.2. The lowest BCUT2D eigenvalue weighted by Gasteiger charge is -2.31. The van der Waals surface area contributed by atoms with Gasteiger partial charge >= 0.3 is 6.18 Å². The number of hydrogen-bond donors (Lipinski definition) is 1. The van der Waals surface area contributed by atoms with Crippen molar-refractivity contribution in [3.63, 3.8) is 0 Å². The number of rotatable bonds is 7. The number of hydrogen-bond acceptors (Lipinski definition) is 3. The highest BCUT2D eigenvalue weighted by Gasteiger charge is 2.41. The minimum absolute atomic E-state index is 0.0788. The van der Waals surface area contributed by atoms with Gasteiger partial charge in [-0.25, -0.2) is 0 Å². The van der Waals surface area contributed by atoms with Crippen molar-refractivity contribution < 1.29 is 17.9 Å². The van der Waals surface area contributed by atoms with Crippen molar-refractivity contribution in [3.05, 3.63) is 0 Å². The summed E-state index contributed by atoms with van der Waals surface area (Å²) in [5.74, 6) is 0. The maximum absolute atomic E-state index is 12.4. The SMILES string of the molecule is CNCC(COC)N(CC(F)(F)F)C1CC1. The molecule has 1 fully saturated rings. The maximum Gasteiger partial charge on any atom is 0.401 e. The Morgan fingerprint density at radius 1 is 1.44 bits per heavy atom. The Morgan fingerprint density at radius 3 is 2.44 bits per heavy atom. The molecule has 1 aliphatic rings. The number of alkyl halides is 3. The molecule has 1 atom stereocenters.